The van der Waals surface area contributed by atoms with Gasteiger partial charge in [-0.05, 0) is 45.9 Å². The molecular formula is C26H18BrN4O4S+. The van der Waals surface area contributed by atoms with Crippen LogP contribution >= 0.6 is 27.7 Å². The van der Waals surface area contributed by atoms with Gasteiger partial charge in [0.05, 0.1) is 11.4 Å². The van der Waals surface area contributed by atoms with E-state index in [1.807, 2.05) is 48.5 Å². The normalized spacial score (nSPS) is 14.4. The molecular weight excluding hydrogens is 544 g/mol. The lowest BCUT2D eigenvalue weighted by molar-refractivity contribution is -0.672. The van der Waals surface area contributed by atoms with Crippen molar-refractivity contribution in [2.75, 3.05) is 10.7 Å². The number of anilines is 1. The number of ketones is 1. The number of carbonyl (C=O) groups is 2. The minimum atomic E-state index is -0.774. The zero-order valence-corrected chi connectivity index (χ0v) is 21.0. The van der Waals surface area contributed by atoms with Crippen LogP contribution in [0.2, 0.25) is 0 Å². The van der Waals surface area contributed by atoms with Crippen LogP contribution in [-0.4, -0.2) is 27.9 Å². The van der Waals surface area contributed by atoms with Gasteiger partial charge in [-0.15, -0.1) is 0 Å². The quantitative estimate of drug-likeness (QED) is 0.214. The predicted octanol–water partition coefficient (Wildman–Crippen LogP) is 4.37. The number of halogens is 1. The average molecular weight is 562 g/mol. The number of aromatic amines is 1. The molecule has 0 bridgehead atoms. The average Bonchev–Trinajstić information content (AvgIpc) is 3.43. The van der Waals surface area contributed by atoms with Crippen LogP contribution in [0.1, 0.15) is 16.1 Å². The number of thioether (sulfide) groups is 1. The highest BCUT2D eigenvalue weighted by molar-refractivity contribution is 9.10. The second-order valence-electron chi connectivity index (χ2n) is 7.67. The molecule has 0 radical (unpaired) electrons. The fourth-order valence-corrected chi connectivity index (χ4v) is 4.91. The summed E-state index contributed by atoms with van der Waals surface area (Å²) < 4.78 is 7.07. The number of nitrogens with zero attached hydrogens (tertiary/aromatic N) is 3. The molecule has 1 aromatic heterocycles. The van der Waals surface area contributed by atoms with Crippen molar-refractivity contribution in [1.82, 2.24) is 5.27 Å². The number of amides is 1. The number of benzene rings is 3. The van der Waals surface area contributed by atoms with E-state index < -0.39 is 11.4 Å². The highest BCUT2D eigenvalue weighted by Crippen LogP contribution is 2.29. The number of amidine groups is 1. The van der Waals surface area contributed by atoms with E-state index in [1.165, 1.54) is 9.58 Å². The van der Waals surface area contributed by atoms with Crippen molar-refractivity contribution >= 4 is 56.3 Å². The maximum atomic E-state index is 13.3. The van der Waals surface area contributed by atoms with E-state index >= 15 is 0 Å². The van der Waals surface area contributed by atoms with Crippen LogP contribution in [0.25, 0.3) is 11.8 Å². The number of hydrogen-bond acceptors (Lipinski definition) is 6. The van der Waals surface area contributed by atoms with Gasteiger partial charge in [-0.25, -0.2) is 9.79 Å². The number of aromatic nitrogens is 2. The van der Waals surface area contributed by atoms with Gasteiger partial charge in [-0.3, -0.25) is 19.0 Å². The Hall–Kier alpha value is -4.02. The Morgan fingerprint density at radius 3 is 2.47 bits per heavy atom. The van der Waals surface area contributed by atoms with Gasteiger partial charge in [0.15, 0.2) is 5.17 Å². The third-order valence-electron chi connectivity index (χ3n) is 5.25. The number of nitrogens with one attached hydrogen (secondary N) is 1. The molecule has 1 N–H and O–H groups in total. The molecule has 0 saturated carbocycles. The van der Waals surface area contributed by atoms with Crippen LogP contribution in [0, 0.1) is 0 Å². The molecule has 0 fully saturated rings. The topological polar surface area (TPSA) is 99.6 Å². The van der Waals surface area contributed by atoms with Gasteiger partial charge in [-0.2, -0.15) is 0 Å². The van der Waals surface area contributed by atoms with Crippen molar-refractivity contribution in [2.24, 2.45) is 4.99 Å². The molecule has 0 atom stereocenters. The van der Waals surface area contributed by atoms with E-state index in [9.17, 15) is 14.4 Å². The van der Waals surface area contributed by atoms with Gasteiger partial charge in [0, 0.05) is 16.6 Å². The molecule has 1 amide bonds. The number of Topliss-reactive ketones (excluding diaryl/α,β-unsaturated/α-hetero) is 1. The van der Waals surface area contributed by atoms with Crippen molar-refractivity contribution in [3.05, 3.63) is 117 Å². The Balaban J connectivity index is 1.45. The van der Waals surface area contributed by atoms with Gasteiger partial charge in [-0.1, -0.05) is 76.2 Å². The first-order chi connectivity index (χ1) is 17.5. The minimum absolute atomic E-state index is 0.130. The molecule has 178 valence electrons. The first-order valence-electron chi connectivity index (χ1n) is 10.8. The number of para-hydroxylation sites is 2. The fraction of sp³-hybridized carbons (Fsp3) is 0.0385. The van der Waals surface area contributed by atoms with Crippen LogP contribution in [0.4, 0.5) is 5.69 Å². The predicted molar refractivity (Wildman–Crippen MR) is 141 cm³/mol. The van der Waals surface area contributed by atoms with Crippen LogP contribution in [0.15, 0.2) is 109 Å². The maximum absolute atomic E-state index is 13.3. The molecule has 0 unspecified atom stereocenters. The second-order valence-corrected chi connectivity index (χ2v) is 9.53. The zero-order chi connectivity index (χ0) is 25.1. The smallest absolute Gasteiger partial charge is 0.286 e. The second kappa shape index (κ2) is 10.3. The van der Waals surface area contributed by atoms with Crippen LogP contribution < -0.4 is 15.2 Å². The van der Waals surface area contributed by atoms with E-state index in [0.717, 1.165) is 21.8 Å². The van der Waals surface area contributed by atoms with Crippen molar-refractivity contribution < 1.29 is 18.8 Å². The molecule has 2 heterocycles. The lowest BCUT2D eigenvalue weighted by Crippen LogP contribution is -2.41. The standard InChI is InChI=1S/C26H17BrN4O4S/c27-18-9-7-8-17(14-18)15-21-24(33)30(19-10-3-1-4-11-19)26(28-21)36-16-22(32)23-25(34)35-29-31(23)20-12-5-2-6-13-20/h1-15H,16H2/p+1/b21-15+. The molecule has 1 aliphatic heterocycles. The summed E-state index contributed by atoms with van der Waals surface area (Å²) in [6, 6.07) is 25.5. The number of aliphatic imine (C=N–C) groups is 1. The van der Waals surface area contributed by atoms with Gasteiger partial charge < -0.3 is 0 Å². The van der Waals surface area contributed by atoms with Gasteiger partial charge in [0.2, 0.25) is 11.5 Å². The maximum Gasteiger partial charge on any atom is 0.438 e. The van der Waals surface area contributed by atoms with Gasteiger partial charge in [0.1, 0.15) is 5.70 Å². The highest BCUT2D eigenvalue weighted by Gasteiger charge is 2.35. The summed E-state index contributed by atoms with van der Waals surface area (Å²) in [6.07, 6.45) is 1.70. The molecule has 1 aliphatic rings. The van der Waals surface area contributed by atoms with Crippen molar-refractivity contribution in [3.63, 3.8) is 0 Å². The largest absolute Gasteiger partial charge is 0.438 e. The summed E-state index contributed by atoms with van der Waals surface area (Å²) in [7, 11) is 0. The highest BCUT2D eigenvalue weighted by atomic mass is 79.9. The summed E-state index contributed by atoms with van der Waals surface area (Å²) >= 11 is 4.51. The molecule has 10 heteroatoms. The molecule has 5 rings (SSSR count). The third kappa shape index (κ3) is 4.86. The van der Waals surface area contributed by atoms with E-state index in [2.05, 4.69) is 26.2 Å². The van der Waals surface area contributed by atoms with Crippen LogP contribution in [0.3, 0.4) is 0 Å². The van der Waals surface area contributed by atoms with Crippen molar-refractivity contribution in [2.45, 2.75) is 0 Å². The summed E-state index contributed by atoms with van der Waals surface area (Å²) in [6.45, 7) is 0. The summed E-state index contributed by atoms with van der Waals surface area (Å²) in [4.78, 5) is 44.8. The summed E-state index contributed by atoms with van der Waals surface area (Å²) in [5.74, 6) is -0.905. The molecule has 0 aliphatic carbocycles. The lowest BCUT2D eigenvalue weighted by Gasteiger charge is -2.17. The zero-order valence-electron chi connectivity index (χ0n) is 18.6. The number of hydrogen-bond donors (Lipinski definition) is 1. The Kier molecular flexibility index (Phi) is 6.79. The first kappa shape index (κ1) is 23.7. The third-order valence-corrected chi connectivity index (χ3v) is 6.69. The number of rotatable bonds is 6. The Morgan fingerprint density at radius 2 is 1.75 bits per heavy atom. The van der Waals surface area contributed by atoms with E-state index in [4.69, 9.17) is 4.52 Å². The van der Waals surface area contributed by atoms with E-state index in [0.29, 0.717) is 16.5 Å². The lowest BCUT2D eigenvalue weighted by atomic mass is 10.2. The summed E-state index contributed by atoms with van der Waals surface area (Å²) in [5, 5.41) is 2.81. The molecule has 8 nitrogen and oxygen atoms in total. The minimum Gasteiger partial charge on any atom is -0.286 e. The van der Waals surface area contributed by atoms with Gasteiger partial charge in [0.25, 0.3) is 5.91 Å². The first-order valence-corrected chi connectivity index (χ1v) is 12.6. The SMILES string of the molecule is O=C(CSC1=N/C(=C/c2cccc(Br)c2)C(=O)N1c1ccccc1)c1c(=O)o[nH][n+]1-c1ccccc1. The van der Waals surface area contributed by atoms with Crippen LogP contribution in [0.5, 0.6) is 0 Å². The number of H-pyrrole nitrogens is 1. The van der Waals surface area contributed by atoms with E-state index in [-0.39, 0.29) is 23.1 Å². The van der Waals surface area contributed by atoms with Crippen molar-refractivity contribution in [3.8, 4) is 5.69 Å². The van der Waals surface area contributed by atoms with Crippen LogP contribution in [-0.2, 0) is 4.79 Å². The van der Waals surface area contributed by atoms with E-state index in [1.54, 1.807) is 42.5 Å². The molecule has 36 heavy (non-hydrogen) atoms. The Bertz CT molecular complexity index is 1560. The monoisotopic (exact) mass is 561 g/mol. The molecule has 0 saturated heterocycles. The Morgan fingerprint density at radius 1 is 1.03 bits per heavy atom. The number of carbonyl (C=O) groups excluding carboxylic acids is 2. The Labute approximate surface area is 218 Å². The van der Waals surface area contributed by atoms with Gasteiger partial charge >= 0.3 is 11.3 Å². The molecule has 0 spiro atoms. The van der Waals surface area contributed by atoms with Crippen molar-refractivity contribution in [1.29, 1.82) is 0 Å². The fourth-order valence-electron chi connectivity index (χ4n) is 3.62. The molecule has 3 aromatic carbocycles. The molecule has 4 aromatic rings. The summed E-state index contributed by atoms with van der Waals surface area (Å²) in [5.41, 5.74) is 1.33.